The predicted octanol–water partition coefficient (Wildman–Crippen LogP) is 1.71. The van der Waals surface area contributed by atoms with Gasteiger partial charge >= 0.3 is 0 Å². The van der Waals surface area contributed by atoms with E-state index in [1.807, 2.05) is 0 Å². The van der Waals surface area contributed by atoms with Gasteiger partial charge in [0, 0.05) is 18.6 Å². The molecule has 0 amide bonds. The minimum Gasteiger partial charge on any atom is -0.318 e. The smallest absolute Gasteiger partial charge is 0.0246 e. The standard InChI is InChI=1S/C11H24N2/c1-5-13(10-6-7-10)11(8-12-4)9(2)3/h9-12H,5-8H2,1-4H3. The Bertz CT molecular complexity index is 141. The van der Waals surface area contributed by atoms with Crippen molar-refractivity contribution in [2.45, 2.75) is 45.7 Å². The van der Waals surface area contributed by atoms with Crippen LogP contribution in [0.2, 0.25) is 0 Å². The molecule has 0 aromatic heterocycles. The second-order valence-electron chi connectivity index (χ2n) is 4.43. The third-order valence-electron chi connectivity index (χ3n) is 2.99. The average Bonchev–Trinajstić information content (AvgIpc) is 2.88. The van der Waals surface area contributed by atoms with Crippen LogP contribution in [0.3, 0.4) is 0 Å². The Labute approximate surface area is 82.7 Å². The highest BCUT2D eigenvalue weighted by molar-refractivity contribution is 4.89. The molecule has 1 saturated carbocycles. The molecule has 0 aromatic carbocycles. The van der Waals surface area contributed by atoms with Crippen LogP contribution >= 0.6 is 0 Å². The summed E-state index contributed by atoms with van der Waals surface area (Å²) in [5, 5.41) is 3.30. The van der Waals surface area contributed by atoms with E-state index in [2.05, 4.69) is 38.0 Å². The minimum absolute atomic E-state index is 0.725. The lowest BCUT2D eigenvalue weighted by Crippen LogP contribution is -2.46. The van der Waals surface area contributed by atoms with Gasteiger partial charge in [0.25, 0.3) is 0 Å². The quantitative estimate of drug-likeness (QED) is 0.676. The van der Waals surface area contributed by atoms with Gasteiger partial charge in [-0.25, -0.2) is 0 Å². The number of hydrogen-bond donors (Lipinski definition) is 1. The summed E-state index contributed by atoms with van der Waals surface area (Å²) in [7, 11) is 2.05. The van der Waals surface area contributed by atoms with Gasteiger partial charge in [-0.15, -0.1) is 0 Å². The maximum absolute atomic E-state index is 3.30. The Morgan fingerprint density at radius 1 is 1.38 bits per heavy atom. The highest BCUT2D eigenvalue weighted by Gasteiger charge is 2.33. The summed E-state index contributed by atoms with van der Waals surface area (Å²) in [6.07, 6.45) is 2.83. The van der Waals surface area contributed by atoms with Gasteiger partial charge in [-0.1, -0.05) is 20.8 Å². The van der Waals surface area contributed by atoms with Gasteiger partial charge in [-0.05, 0) is 32.4 Å². The van der Waals surface area contributed by atoms with Crippen molar-refractivity contribution in [3.63, 3.8) is 0 Å². The van der Waals surface area contributed by atoms with Crippen LogP contribution in [0.5, 0.6) is 0 Å². The second-order valence-corrected chi connectivity index (χ2v) is 4.43. The third kappa shape index (κ3) is 2.96. The molecule has 2 nitrogen and oxygen atoms in total. The molecule has 1 aliphatic carbocycles. The van der Waals surface area contributed by atoms with Gasteiger partial charge in [-0.3, -0.25) is 4.90 Å². The summed E-state index contributed by atoms with van der Waals surface area (Å²) >= 11 is 0. The highest BCUT2D eigenvalue weighted by Crippen LogP contribution is 2.29. The molecule has 1 aliphatic rings. The first-order valence-corrected chi connectivity index (χ1v) is 5.61. The fourth-order valence-corrected chi connectivity index (χ4v) is 2.11. The lowest BCUT2D eigenvalue weighted by molar-refractivity contribution is 0.152. The third-order valence-corrected chi connectivity index (χ3v) is 2.99. The SMILES string of the molecule is CCN(C1CC1)C(CNC)C(C)C. The van der Waals surface area contributed by atoms with Crippen LogP contribution in [-0.4, -0.2) is 37.1 Å². The fourth-order valence-electron chi connectivity index (χ4n) is 2.11. The van der Waals surface area contributed by atoms with E-state index in [1.54, 1.807) is 0 Å². The fraction of sp³-hybridized carbons (Fsp3) is 1.00. The normalized spacial score (nSPS) is 19.8. The molecule has 13 heavy (non-hydrogen) atoms. The number of rotatable bonds is 6. The van der Waals surface area contributed by atoms with E-state index in [1.165, 1.54) is 19.4 Å². The Morgan fingerprint density at radius 3 is 2.31 bits per heavy atom. The van der Waals surface area contributed by atoms with Gasteiger partial charge in [-0.2, -0.15) is 0 Å². The zero-order chi connectivity index (χ0) is 9.84. The Balaban J connectivity index is 2.48. The Hall–Kier alpha value is -0.0800. The van der Waals surface area contributed by atoms with Crippen molar-refractivity contribution in [2.24, 2.45) is 5.92 Å². The van der Waals surface area contributed by atoms with Crippen LogP contribution < -0.4 is 5.32 Å². The molecule has 2 heteroatoms. The summed E-state index contributed by atoms with van der Waals surface area (Å²) in [5.74, 6) is 0.757. The van der Waals surface area contributed by atoms with E-state index in [9.17, 15) is 0 Å². The molecule has 0 aliphatic heterocycles. The van der Waals surface area contributed by atoms with E-state index < -0.39 is 0 Å². The van der Waals surface area contributed by atoms with Crippen LogP contribution in [-0.2, 0) is 0 Å². The van der Waals surface area contributed by atoms with Gasteiger partial charge in [0.15, 0.2) is 0 Å². The summed E-state index contributed by atoms with van der Waals surface area (Å²) in [6, 6.07) is 1.62. The lowest BCUT2D eigenvalue weighted by atomic mass is 10.0. The van der Waals surface area contributed by atoms with Crippen molar-refractivity contribution >= 4 is 0 Å². The van der Waals surface area contributed by atoms with Crippen LogP contribution in [0.1, 0.15) is 33.6 Å². The molecule has 0 saturated heterocycles. The topological polar surface area (TPSA) is 15.3 Å². The molecule has 1 rings (SSSR count). The van der Waals surface area contributed by atoms with Crippen molar-refractivity contribution in [1.82, 2.24) is 10.2 Å². The van der Waals surface area contributed by atoms with Crippen LogP contribution in [0.25, 0.3) is 0 Å². The zero-order valence-corrected chi connectivity index (χ0v) is 9.51. The molecular weight excluding hydrogens is 160 g/mol. The molecule has 0 bridgehead atoms. The Morgan fingerprint density at radius 2 is 2.00 bits per heavy atom. The monoisotopic (exact) mass is 184 g/mol. The minimum atomic E-state index is 0.725. The van der Waals surface area contributed by atoms with Gasteiger partial charge in [0.1, 0.15) is 0 Å². The molecule has 78 valence electrons. The van der Waals surface area contributed by atoms with Gasteiger partial charge < -0.3 is 5.32 Å². The molecule has 0 spiro atoms. The summed E-state index contributed by atoms with van der Waals surface area (Å²) < 4.78 is 0. The molecule has 0 aromatic rings. The van der Waals surface area contributed by atoms with Crippen LogP contribution in [0, 0.1) is 5.92 Å². The first-order chi connectivity index (χ1) is 6.20. The second kappa shape index (κ2) is 4.97. The average molecular weight is 184 g/mol. The zero-order valence-electron chi connectivity index (χ0n) is 9.51. The van der Waals surface area contributed by atoms with Crippen molar-refractivity contribution < 1.29 is 0 Å². The number of nitrogens with one attached hydrogen (secondary N) is 1. The van der Waals surface area contributed by atoms with Gasteiger partial charge in [0.05, 0.1) is 0 Å². The van der Waals surface area contributed by atoms with Gasteiger partial charge in [0.2, 0.25) is 0 Å². The molecule has 1 fully saturated rings. The molecule has 1 unspecified atom stereocenters. The van der Waals surface area contributed by atoms with Crippen molar-refractivity contribution in [2.75, 3.05) is 20.1 Å². The first kappa shape index (κ1) is 11.0. The van der Waals surface area contributed by atoms with E-state index >= 15 is 0 Å². The van der Waals surface area contributed by atoms with Crippen LogP contribution in [0.4, 0.5) is 0 Å². The maximum atomic E-state index is 3.30. The van der Waals surface area contributed by atoms with Crippen molar-refractivity contribution in [3.05, 3.63) is 0 Å². The summed E-state index contributed by atoms with van der Waals surface area (Å²) in [4.78, 5) is 2.67. The molecular formula is C11H24N2. The maximum Gasteiger partial charge on any atom is 0.0246 e. The molecule has 0 radical (unpaired) electrons. The van der Waals surface area contributed by atoms with Crippen LogP contribution in [0.15, 0.2) is 0 Å². The number of nitrogens with zero attached hydrogens (tertiary/aromatic N) is 1. The largest absolute Gasteiger partial charge is 0.318 e. The van der Waals surface area contributed by atoms with E-state index in [4.69, 9.17) is 0 Å². The molecule has 0 heterocycles. The van der Waals surface area contributed by atoms with E-state index in [-0.39, 0.29) is 0 Å². The number of likely N-dealkylation sites (N-methyl/N-ethyl adjacent to an activating group) is 2. The van der Waals surface area contributed by atoms with E-state index in [0.29, 0.717) is 0 Å². The van der Waals surface area contributed by atoms with Crippen molar-refractivity contribution in [1.29, 1.82) is 0 Å². The molecule has 1 N–H and O–H groups in total. The van der Waals surface area contributed by atoms with E-state index in [0.717, 1.165) is 24.5 Å². The highest BCUT2D eigenvalue weighted by atomic mass is 15.2. The Kier molecular flexibility index (Phi) is 4.20. The summed E-state index contributed by atoms with van der Waals surface area (Å²) in [5.41, 5.74) is 0. The lowest BCUT2D eigenvalue weighted by Gasteiger charge is -2.33. The summed E-state index contributed by atoms with van der Waals surface area (Å²) in [6.45, 7) is 9.26. The van der Waals surface area contributed by atoms with Crippen molar-refractivity contribution in [3.8, 4) is 0 Å². The predicted molar refractivity (Wildman–Crippen MR) is 58.0 cm³/mol. The first-order valence-electron chi connectivity index (χ1n) is 5.61. The number of hydrogen-bond acceptors (Lipinski definition) is 2. The molecule has 1 atom stereocenters.